The minimum Gasteiger partial charge on any atom is -0.508 e. The van der Waals surface area contributed by atoms with Gasteiger partial charge in [0.15, 0.2) is 0 Å². The van der Waals surface area contributed by atoms with Crippen LogP contribution in [0.5, 0.6) is 5.75 Å². The van der Waals surface area contributed by atoms with Crippen LogP contribution in [0.25, 0.3) is 66.4 Å². The molecule has 0 spiro atoms. The van der Waals surface area contributed by atoms with Gasteiger partial charge in [0.1, 0.15) is 5.75 Å². The molecule has 0 saturated heterocycles. The highest BCUT2D eigenvalue weighted by molar-refractivity contribution is 5.89. The molecule has 1 aliphatic carbocycles. The first kappa shape index (κ1) is 32.5. The van der Waals surface area contributed by atoms with Crippen molar-refractivity contribution in [3.05, 3.63) is 217 Å². The Hall–Kier alpha value is -7.16. The molecule has 0 saturated carbocycles. The van der Waals surface area contributed by atoms with E-state index in [1.807, 2.05) is 12.1 Å². The molecule has 55 heavy (non-hydrogen) atoms. The Morgan fingerprint density at radius 3 is 1.35 bits per heavy atom. The van der Waals surface area contributed by atoms with Gasteiger partial charge in [-0.05, 0) is 139 Å². The molecule has 1 N–H and O–H groups in total. The number of benzene rings is 9. The van der Waals surface area contributed by atoms with Gasteiger partial charge < -0.3 is 10.0 Å². The molecule has 0 aromatic heterocycles. The Morgan fingerprint density at radius 2 is 0.727 bits per heavy atom. The lowest BCUT2D eigenvalue weighted by Gasteiger charge is -2.26. The van der Waals surface area contributed by atoms with E-state index in [4.69, 9.17) is 0 Å². The van der Waals surface area contributed by atoms with Crippen LogP contribution in [-0.2, 0) is 6.42 Å². The van der Waals surface area contributed by atoms with Gasteiger partial charge in [-0.3, -0.25) is 0 Å². The van der Waals surface area contributed by atoms with Crippen molar-refractivity contribution in [3.63, 3.8) is 0 Å². The monoisotopic (exact) mass is 703 g/mol. The van der Waals surface area contributed by atoms with Gasteiger partial charge >= 0.3 is 0 Å². The number of hydrogen-bond donors (Lipinski definition) is 1. The average Bonchev–Trinajstić information content (AvgIpc) is 3.62. The summed E-state index contributed by atoms with van der Waals surface area (Å²) in [6, 6.07) is 73.6. The van der Waals surface area contributed by atoms with E-state index in [9.17, 15) is 5.11 Å². The van der Waals surface area contributed by atoms with Crippen LogP contribution < -0.4 is 4.90 Å². The summed E-state index contributed by atoms with van der Waals surface area (Å²) >= 11 is 0. The molecule has 1 aliphatic rings. The maximum atomic E-state index is 9.71. The fourth-order valence-electron chi connectivity index (χ4n) is 8.08. The Labute approximate surface area is 321 Å². The molecular formula is C53H37NO. The number of hydrogen-bond acceptors (Lipinski definition) is 2. The van der Waals surface area contributed by atoms with E-state index in [0.717, 1.165) is 45.7 Å². The maximum Gasteiger partial charge on any atom is 0.115 e. The third kappa shape index (κ3) is 6.24. The zero-order chi connectivity index (χ0) is 36.7. The van der Waals surface area contributed by atoms with Gasteiger partial charge in [0, 0.05) is 17.1 Å². The third-order valence-corrected chi connectivity index (χ3v) is 11.0. The Bertz CT molecular complexity index is 2800. The summed E-state index contributed by atoms with van der Waals surface area (Å²) < 4.78 is 0. The molecule has 260 valence electrons. The third-order valence-electron chi connectivity index (χ3n) is 11.0. The summed E-state index contributed by atoms with van der Waals surface area (Å²) in [4.78, 5) is 2.37. The number of phenols is 1. The number of aromatic hydroxyl groups is 1. The number of phenolic OH excluding ortho intramolecular Hbond substituents is 1. The van der Waals surface area contributed by atoms with Crippen LogP contribution in [0, 0.1) is 0 Å². The molecular weight excluding hydrogens is 667 g/mol. The van der Waals surface area contributed by atoms with E-state index in [1.165, 1.54) is 55.3 Å². The van der Waals surface area contributed by atoms with E-state index < -0.39 is 0 Å². The molecule has 2 heteroatoms. The molecule has 9 aromatic rings. The molecule has 0 heterocycles. The van der Waals surface area contributed by atoms with E-state index >= 15 is 0 Å². The summed E-state index contributed by atoms with van der Waals surface area (Å²) in [5.74, 6) is 0.276. The highest BCUT2D eigenvalue weighted by atomic mass is 16.3. The molecule has 0 aliphatic heterocycles. The molecule has 2 nitrogen and oxygen atoms in total. The first-order valence-electron chi connectivity index (χ1n) is 18.8. The number of nitrogens with zero attached hydrogens (tertiary/aromatic N) is 1. The van der Waals surface area contributed by atoms with Gasteiger partial charge in [-0.25, -0.2) is 0 Å². The van der Waals surface area contributed by atoms with Crippen LogP contribution in [0.1, 0.15) is 11.1 Å². The summed E-state index contributed by atoms with van der Waals surface area (Å²) in [5, 5.41) is 12.2. The lowest BCUT2D eigenvalue weighted by molar-refractivity contribution is 0.475. The molecule has 0 fully saturated rings. The SMILES string of the molecule is Oc1ccc(-c2ccc(-c3ccc(N(c4ccc(-c5ccccc5)cc4)c4ccc5c(c4)Cc4cc(-c6ccc7ccccc7c6)ccc4-5)cc3)cc2)cc1. The van der Waals surface area contributed by atoms with Crippen LogP contribution in [0.3, 0.4) is 0 Å². The highest BCUT2D eigenvalue weighted by Gasteiger charge is 2.22. The van der Waals surface area contributed by atoms with Crippen LogP contribution in [0.4, 0.5) is 17.1 Å². The van der Waals surface area contributed by atoms with Crippen LogP contribution in [0.15, 0.2) is 206 Å². The molecule has 0 amide bonds. The van der Waals surface area contributed by atoms with Crippen LogP contribution in [-0.4, -0.2) is 5.11 Å². The van der Waals surface area contributed by atoms with Crippen LogP contribution in [0.2, 0.25) is 0 Å². The molecule has 0 radical (unpaired) electrons. The predicted octanol–water partition coefficient (Wildman–Crippen LogP) is 14.3. The average molecular weight is 704 g/mol. The second-order valence-corrected chi connectivity index (χ2v) is 14.4. The van der Waals surface area contributed by atoms with Gasteiger partial charge in [-0.15, -0.1) is 0 Å². The van der Waals surface area contributed by atoms with E-state index in [1.54, 1.807) is 12.1 Å². The number of fused-ring (bicyclic) bond motifs is 4. The quantitative estimate of drug-likeness (QED) is 0.179. The summed E-state index contributed by atoms with van der Waals surface area (Å²) in [7, 11) is 0. The minimum atomic E-state index is 0.276. The van der Waals surface area contributed by atoms with E-state index in [0.29, 0.717) is 0 Å². The Balaban J connectivity index is 0.980. The van der Waals surface area contributed by atoms with Crippen molar-refractivity contribution in [1.29, 1.82) is 0 Å². The van der Waals surface area contributed by atoms with Crippen molar-refractivity contribution >= 4 is 27.8 Å². The fraction of sp³-hybridized carbons (Fsp3) is 0.0189. The largest absolute Gasteiger partial charge is 0.508 e. The van der Waals surface area contributed by atoms with E-state index in [2.05, 4.69) is 187 Å². The fourth-order valence-corrected chi connectivity index (χ4v) is 8.08. The normalized spacial score (nSPS) is 11.6. The van der Waals surface area contributed by atoms with E-state index in [-0.39, 0.29) is 5.75 Å². The molecule has 0 bridgehead atoms. The lowest BCUT2D eigenvalue weighted by atomic mass is 9.97. The first-order valence-corrected chi connectivity index (χ1v) is 18.8. The number of anilines is 3. The minimum absolute atomic E-state index is 0.276. The van der Waals surface area contributed by atoms with Gasteiger partial charge in [0.2, 0.25) is 0 Å². The zero-order valence-electron chi connectivity index (χ0n) is 30.2. The Kier molecular flexibility index (Phi) is 8.08. The number of rotatable bonds is 7. The molecule has 0 atom stereocenters. The second-order valence-electron chi connectivity index (χ2n) is 14.4. The smallest absolute Gasteiger partial charge is 0.115 e. The van der Waals surface area contributed by atoms with Gasteiger partial charge in [-0.2, -0.15) is 0 Å². The Morgan fingerprint density at radius 1 is 0.309 bits per heavy atom. The van der Waals surface area contributed by atoms with Crippen molar-refractivity contribution in [2.45, 2.75) is 6.42 Å². The molecule has 10 rings (SSSR count). The first-order chi connectivity index (χ1) is 27.1. The van der Waals surface area contributed by atoms with Crippen molar-refractivity contribution in [2.24, 2.45) is 0 Å². The van der Waals surface area contributed by atoms with Crippen LogP contribution >= 0.6 is 0 Å². The summed E-state index contributed by atoms with van der Waals surface area (Å²) in [6.07, 6.45) is 0.903. The highest BCUT2D eigenvalue weighted by Crippen LogP contribution is 2.44. The van der Waals surface area contributed by atoms with Crippen molar-refractivity contribution < 1.29 is 5.11 Å². The predicted molar refractivity (Wildman–Crippen MR) is 230 cm³/mol. The topological polar surface area (TPSA) is 23.5 Å². The summed E-state index contributed by atoms with van der Waals surface area (Å²) in [6.45, 7) is 0. The van der Waals surface area contributed by atoms with Crippen molar-refractivity contribution in [2.75, 3.05) is 4.90 Å². The van der Waals surface area contributed by atoms with Crippen molar-refractivity contribution in [1.82, 2.24) is 0 Å². The van der Waals surface area contributed by atoms with Gasteiger partial charge in [0.25, 0.3) is 0 Å². The maximum absolute atomic E-state index is 9.71. The molecule has 0 unspecified atom stereocenters. The van der Waals surface area contributed by atoms with Gasteiger partial charge in [0.05, 0.1) is 0 Å². The standard InChI is InChI=1S/C53H37NO/c55-51-28-20-42(21-29-51)39-12-10-38(11-13-39)41-18-25-49(26-19-41)54(48-23-16-40(17-24-48)36-6-2-1-3-7-36)50-27-31-53-47(35-50)34-46-33-45(22-30-52(46)53)44-15-14-37-8-4-5-9-43(37)32-44/h1-33,35,55H,34H2. The lowest BCUT2D eigenvalue weighted by Crippen LogP contribution is -2.10. The zero-order valence-corrected chi connectivity index (χ0v) is 30.2. The molecule has 9 aromatic carbocycles. The van der Waals surface area contributed by atoms with Crippen molar-refractivity contribution in [3.8, 4) is 61.4 Å². The van der Waals surface area contributed by atoms with Gasteiger partial charge in [-0.1, -0.05) is 152 Å². The second kappa shape index (κ2) is 13.7. The summed E-state index contributed by atoms with van der Waals surface area (Å²) in [5.41, 5.74) is 18.1.